The number of nitrogens with one attached hydrogen (secondary N) is 1. The minimum Gasteiger partial charge on any atom is -0.306 e. The summed E-state index contributed by atoms with van der Waals surface area (Å²) in [5, 5.41) is 7.18. The zero-order valence-corrected chi connectivity index (χ0v) is 16.7. The number of thiophene rings is 1. The molecule has 2 aromatic heterocycles. The largest absolute Gasteiger partial charge is 0.306 e. The van der Waals surface area contributed by atoms with Crippen molar-refractivity contribution in [3.05, 3.63) is 58.9 Å². The van der Waals surface area contributed by atoms with Crippen molar-refractivity contribution in [2.75, 3.05) is 16.8 Å². The minimum absolute atomic E-state index is 0.0213. The SMILES string of the molecule is Cc1cc(NC(=O)c2ccc(-c3ccccc3F)s2)n([C@H]2CCS(=O)(=O)C2)n1. The second kappa shape index (κ2) is 7.14. The summed E-state index contributed by atoms with van der Waals surface area (Å²) in [7, 11) is -3.07. The van der Waals surface area contributed by atoms with Crippen molar-refractivity contribution in [2.24, 2.45) is 0 Å². The highest BCUT2D eigenvalue weighted by Gasteiger charge is 2.31. The van der Waals surface area contributed by atoms with Gasteiger partial charge in [0, 0.05) is 16.5 Å². The number of sulfone groups is 1. The van der Waals surface area contributed by atoms with E-state index in [2.05, 4.69) is 10.4 Å². The molecule has 1 aromatic carbocycles. The predicted molar refractivity (Wildman–Crippen MR) is 107 cm³/mol. The van der Waals surface area contributed by atoms with Gasteiger partial charge in [-0.15, -0.1) is 11.3 Å². The van der Waals surface area contributed by atoms with Crippen molar-refractivity contribution in [1.82, 2.24) is 9.78 Å². The van der Waals surface area contributed by atoms with Gasteiger partial charge in [-0.3, -0.25) is 4.79 Å². The molecule has 6 nitrogen and oxygen atoms in total. The summed E-state index contributed by atoms with van der Waals surface area (Å²) >= 11 is 1.19. The second-order valence-electron chi connectivity index (χ2n) is 6.77. The van der Waals surface area contributed by atoms with Gasteiger partial charge in [0.2, 0.25) is 0 Å². The van der Waals surface area contributed by atoms with Gasteiger partial charge in [0.1, 0.15) is 11.6 Å². The normalized spacial score (nSPS) is 18.3. The van der Waals surface area contributed by atoms with Gasteiger partial charge in [0.15, 0.2) is 9.84 Å². The first-order valence-corrected chi connectivity index (χ1v) is 11.4. The fourth-order valence-electron chi connectivity index (χ4n) is 3.30. The molecule has 1 amide bonds. The standard InChI is InChI=1S/C19H18FN3O3S2/c1-12-10-18(23(22-12)13-8-9-28(25,26)11-13)21-19(24)17-7-6-16(27-17)14-4-2-3-5-15(14)20/h2-7,10,13H,8-9,11H2,1H3,(H,21,24)/t13-/m0/s1. The van der Waals surface area contributed by atoms with Crippen molar-refractivity contribution in [2.45, 2.75) is 19.4 Å². The van der Waals surface area contributed by atoms with E-state index in [0.29, 0.717) is 33.3 Å². The van der Waals surface area contributed by atoms with Gasteiger partial charge in [-0.1, -0.05) is 18.2 Å². The van der Waals surface area contributed by atoms with Gasteiger partial charge in [0.05, 0.1) is 28.1 Å². The number of hydrogen-bond acceptors (Lipinski definition) is 5. The third-order valence-electron chi connectivity index (χ3n) is 4.62. The van der Waals surface area contributed by atoms with Crippen LogP contribution in [0.5, 0.6) is 0 Å². The van der Waals surface area contributed by atoms with E-state index in [9.17, 15) is 17.6 Å². The quantitative estimate of drug-likeness (QED) is 0.700. The van der Waals surface area contributed by atoms with Gasteiger partial charge < -0.3 is 5.32 Å². The second-order valence-corrected chi connectivity index (χ2v) is 10.1. The lowest BCUT2D eigenvalue weighted by Crippen LogP contribution is -2.19. The van der Waals surface area contributed by atoms with Crippen LogP contribution >= 0.6 is 11.3 Å². The Bertz CT molecular complexity index is 1150. The Hall–Kier alpha value is -2.52. The molecule has 0 unspecified atom stereocenters. The summed E-state index contributed by atoms with van der Waals surface area (Å²) in [5.41, 5.74) is 1.14. The molecule has 1 aliphatic heterocycles. The molecule has 0 saturated carbocycles. The highest BCUT2D eigenvalue weighted by Crippen LogP contribution is 2.31. The van der Waals surface area contributed by atoms with Gasteiger partial charge in [-0.25, -0.2) is 17.5 Å². The molecule has 146 valence electrons. The number of nitrogens with zero attached hydrogens (tertiary/aromatic N) is 2. The number of rotatable bonds is 4. The van der Waals surface area contributed by atoms with Crippen LogP contribution in [0.3, 0.4) is 0 Å². The maximum atomic E-state index is 14.0. The molecule has 28 heavy (non-hydrogen) atoms. The van der Waals surface area contributed by atoms with Crippen LogP contribution in [0.4, 0.5) is 10.2 Å². The molecule has 1 atom stereocenters. The van der Waals surface area contributed by atoms with Crippen molar-refractivity contribution < 1.29 is 17.6 Å². The first kappa shape index (κ1) is 18.8. The number of hydrogen-bond donors (Lipinski definition) is 1. The number of halogens is 1. The number of carbonyl (C=O) groups is 1. The van der Waals surface area contributed by atoms with Gasteiger partial charge in [-0.2, -0.15) is 5.10 Å². The first-order valence-electron chi connectivity index (χ1n) is 8.75. The van der Waals surface area contributed by atoms with Crippen LogP contribution in [0.1, 0.15) is 27.8 Å². The average Bonchev–Trinajstić information content (AvgIpc) is 3.34. The van der Waals surface area contributed by atoms with Crippen molar-refractivity contribution in [1.29, 1.82) is 0 Å². The summed E-state index contributed by atoms with van der Waals surface area (Å²) in [4.78, 5) is 13.8. The lowest BCUT2D eigenvalue weighted by atomic mass is 10.2. The lowest BCUT2D eigenvalue weighted by Gasteiger charge is -2.13. The third kappa shape index (κ3) is 3.72. The molecule has 4 rings (SSSR count). The maximum absolute atomic E-state index is 14.0. The Labute approximate surface area is 165 Å². The number of anilines is 1. The van der Waals surface area contributed by atoms with Gasteiger partial charge in [0.25, 0.3) is 5.91 Å². The molecule has 0 spiro atoms. The molecule has 1 aliphatic rings. The van der Waals surface area contributed by atoms with E-state index in [1.807, 2.05) is 0 Å². The lowest BCUT2D eigenvalue weighted by molar-refractivity contribution is 0.102. The smallest absolute Gasteiger partial charge is 0.266 e. The Morgan fingerprint density at radius 2 is 2.07 bits per heavy atom. The molecule has 3 heterocycles. The molecule has 1 fully saturated rings. The average molecular weight is 420 g/mol. The molecule has 0 aliphatic carbocycles. The van der Waals surface area contributed by atoms with Crippen LogP contribution in [0.15, 0.2) is 42.5 Å². The summed E-state index contributed by atoms with van der Waals surface area (Å²) in [6, 6.07) is 11.2. The summed E-state index contributed by atoms with van der Waals surface area (Å²) in [5.74, 6) is -0.0682. The number of amides is 1. The van der Waals surface area contributed by atoms with Crippen molar-refractivity contribution in [3.63, 3.8) is 0 Å². The fraction of sp³-hybridized carbons (Fsp3) is 0.263. The van der Waals surface area contributed by atoms with Crippen LogP contribution in [0, 0.1) is 12.7 Å². The Morgan fingerprint density at radius 1 is 1.29 bits per heavy atom. The van der Waals surface area contributed by atoms with Crippen LogP contribution < -0.4 is 5.32 Å². The summed E-state index contributed by atoms with van der Waals surface area (Å²) < 4.78 is 39.1. The van der Waals surface area contributed by atoms with E-state index >= 15 is 0 Å². The van der Waals surface area contributed by atoms with Crippen LogP contribution in [0.25, 0.3) is 10.4 Å². The van der Waals surface area contributed by atoms with Crippen LogP contribution in [-0.2, 0) is 9.84 Å². The van der Waals surface area contributed by atoms with E-state index < -0.39 is 9.84 Å². The molecular weight excluding hydrogens is 401 g/mol. The van der Waals surface area contributed by atoms with E-state index in [4.69, 9.17) is 0 Å². The zero-order valence-electron chi connectivity index (χ0n) is 15.1. The number of aryl methyl sites for hydroxylation is 1. The fourth-order valence-corrected chi connectivity index (χ4v) is 5.92. The highest BCUT2D eigenvalue weighted by atomic mass is 32.2. The van der Waals surface area contributed by atoms with Crippen molar-refractivity contribution in [3.8, 4) is 10.4 Å². The van der Waals surface area contributed by atoms with Crippen molar-refractivity contribution >= 4 is 32.9 Å². The summed E-state index contributed by atoms with van der Waals surface area (Å²) in [6.07, 6.45) is 0.475. The molecule has 0 bridgehead atoms. The minimum atomic E-state index is -3.07. The monoisotopic (exact) mass is 419 g/mol. The summed E-state index contributed by atoms with van der Waals surface area (Å²) in [6.45, 7) is 1.79. The maximum Gasteiger partial charge on any atom is 0.266 e. The molecule has 9 heteroatoms. The van der Waals surface area contributed by atoms with Crippen LogP contribution in [0.2, 0.25) is 0 Å². The molecule has 1 N–H and O–H groups in total. The predicted octanol–water partition coefficient (Wildman–Crippen LogP) is 3.67. The molecule has 1 saturated heterocycles. The van der Waals surface area contributed by atoms with E-state index in [0.717, 1.165) is 0 Å². The van der Waals surface area contributed by atoms with Crippen LogP contribution in [-0.4, -0.2) is 35.6 Å². The van der Waals surface area contributed by atoms with Gasteiger partial charge >= 0.3 is 0 Å². The topological polar surface area (TPSA) is 81.1 Å². The Morgan fingerprint density at radius 3 is 2.79 bits per heavy atom. The van der Waals surface area contributed by atoms with E-state index in [1.54, 1.807) is 48.0 Å². The van der Waals surface area contributed by atoms with E-state index in [-0.39, 0.29) is 29.3 Å². The molecular formula is C19H18FN3O3S2. The zero-order chi connectivity index (χ0) is 19.9. The Balaban J connectivity index is 1.56. The van der Waals surface area contributed by atoms with E-state index in [1.165, 1.54) is 17.4 Å². The molecule has 0 radical (unpaired) electrons. The van der Waals surface area contributed by atoms with Gasteiger partial charge in [-0.05, 0) is 31.5 Å². The highest BCUT2D eigenvalue weighted by molar-refractivity contribution is 7.91. The number of carbonyl (C=O) groups excluding carboxylic acids is 1. The number of benzene rings is 1. The molecule has 3 aromatic rings. The Kier molecular flexibility index (Phi) is 4.80. The first-order chi connectivity index (χ1) is 13.3. The number of aromatic nitrogens is 2. The third-order valence-corrected chi connectivity index (χ3v) is 7.49.